The molecule has 0 fully saturated rings. The van der Waals surface area contributed by atoms with Crippen LogP contribution in [0.1, 0.15) is 57.4 Å². The smallest absolute Gasteiger partial charge is 0.300 e. The summed E-state index contributed by atoms with van der Waals surface area (Å²) in [7, 11) is -4.08. The van der Waals surface area contributed by atoms with E-state index >= 15 is 0 Å². The van der Waals surface area contributed by atoms with Crippen LogP contribution in [-0.2, 0) is 16.5 Å². The van der Waals surface area contributed by atoms with Crippen molar-refractivity contribution in [3.05, 3.63) is 29.8 Å². The quantitative estimate of drug-likeness (QED) is 0.491. The maximum atomic E-state index is 10.6. The van der Waals surface area contributed by atoms with E-state index in [1.54, 1.807) is 12.1 Å². The number of rotatable bonds is 11. The molecule has 0 bridgehead atoms. The molecular weight excluding hydrogens is 288 g/mol. The van der Waals surface area contributed by atoms with Gasteiger partial charge in [-0.05, 0) is 30.5 Å². The van der Waals surface area contributed by atoms with E-state index in [4.69, 9.17) is 9.29 Å². The Balaban J connectivity index is 2.19. The fourth-order valence-corrected chi connectivity index (χ4v) is 2.47. The van der Waals surface area contributed by atoms with Crippen LogP contribution in [0.15, 0.2) is 24.3 Å². The molecule has 0 aliphatic rings. The zero-order valence-electron chi connectivity index (χ0n) is 12.8. The Morgan fingerprint density at radius 2 is 1.52 bits per heavy atom. The zero-order valence-corrected chi connectivity index (χ0v) is 13.6. The van der Waals surface area contributed by atoms with Gasteiger partial charge in [0.05, 0.1) is 0 Å². The summed E-state index contributed by atoms with van der Waals surface area (Å²) in [5.41, 5.74) is 1.22. The summed E-state index contributed by atoms with van der Waals surface area (Å²) < 4.78 is 34.7. The van der Waals surface area contributed by atoms with Crippen LogP contribution < -0.4 is 4.74 Å². The molecule has 0 saturated carbocycles. The molecule has 0 radical (unpaired) electrons. The lowest BCUT2D eigenvalue weighted by Crippen LogP contribution is -2.10. The van der Waals surface area contributed by atoms with Gasteiger partial charge in [-0.3, -0.25) is 4.55 Å². The number of benzene rings is 1. The Morgan fingerprint density at radius 3 is 2.10 bits per heavy atom. The van der Waals surface area contributed by atoms with E-state index in [0.717, 1.165) is 6.42 Å². The second kappa shape index (κ2) is 9.79. The SMILES string of the molecule is CCCCCCCCCc1ccc(OCS(=O)(=O)O)cc1. The van der Waals surface area contributed by atoms with Crippen LogP contribution in [0.25, 0.3) is 0 Å². The molecule has 21 heavy (non-hydrogen) atoms. The zero-order chi connectivity index (χ0) is 15.6. The summed E-state index contributed by atoms with van der Waals surface area (Å²) in [5, 5.41) is 0. The van der Waals surface area contributed by atoms with Crippen molar-refractivity contribution in [1.82, 2.24) is 0 Å². The molecule has 0 saturated heterocycles. The lowest BCUT2D eigenvalue weighted by molar-refractivity contribution is 0.352. The van der Waals surface area contributed by atoms with E-state index in [9.17, 15) is 8.42 Å². The van der Waals surface area contributed by atoms with Crippen LogP contribution in [0.5, 0.6) is 5.75 Å². The normalized spacial score (nSPS) is 11.5. The first-order valence-corrected chi connectivity index (χ1v) is 9.29. The van der Waals surface area contributed by atoms with Gasteiger partial charge < -0.3 is 4.74 Å². The number of hydrogen-bond acceptors (Lipinski definition) is 3. The molecule has 0 unspecified atom stereocenters. The number of hydrogen-bond donors (Lipinski definition) is 1. The monoisotopic (exact) mass is 314 g/mol. The van der Waals surface area contributed by atoms with Crippen LogP contribution in [0.4, 0.5) is 0 Å². The molecule has 1 N–H and O–H groups in total. The first kappa shape index (κ1) is 18.0. The molecule has 0 atom stereocenters. The van der Waals surface area contributed by atoms with Gasteiger partial charge in [0.1, 0.15) is 5.75 Å². The number of unbranched alkanes of at least 4 members (excludes halogenated alkanes) is 6. The van der Waals surface area contributed by atoms with Gasteiger partial charge in [-0.1, -0.05) is 57.6 Å². The van der Waals surface area contributed by atoms with Crippen LogP contribution in [0.3, 0.4) is 0 Å². The fourth-order valence-electron chi connectivity index (χ4n) is 2.18. The summed E-state index contributed by atoms with van der Waals surface area (Å²) in [4.78, 5) is 0. The predicted octanol–water partition coefficient (Wildman–Crippen LogP) is 4.20. The molecule has 0 spiro atoms. The third kappa shape index (κ3) is 9.47. The molecule has 0 aromatic heterocycles. The van der Waals surface area contributed by atoms with Gasteiger partial charge in [0.25, 0.3) is 0 Å². The predicted molar refractivity (Wildman–Crippen MR) is 85.2 cm³/mol. The molecule has 1 rings (SSSR count). The second-order valence-electron chi connectivity index (χ2n) is 5.36. The molecular formula is C16H26O4S. The van der Waals surface area contributed by atoms with Crippen molar-refractivity contribution in [1.29, 1.82) is 0 Å². The standard InChI is InChI=1S/C16H26O4S/c1-2-3-4-5-6-7-8-9-15-10-12-16(13-11-15)20-14-21(17,18)19/h10-13H,2-9,14H2,1H3,(H,17,18,19). The van der Waals surface area contributed by atoms with Crippen molar-refractivity contribution in [3.8, 4) is 5.75 Å². The first-order valence-electron chi connectivity index (χ1n) is 7.68. The Morgan fingerprint density at radius 1 is 0.952 bits per heavy atom. The van der Waals surface area contributed by atoms with Crippen molar-refractivity contribution < 1.29 is 17.7 Å². The minimum absolute atomic E-state index is 0.455. The van der Waals surface area contributed by atoms with Gasteiger partial charge in [0.15, 0.2) is 0 Å². The van der Waals surface area contributed by atoms with Crippen LogP contribution in [0.2, 0.25) is 0 Å². The highest BCUT2D eigenvalue weighted by atomic mass is 32.2. The van der Waals surface area contributed by atoms with Crippen LogP contribution >= 0.6 is 0 Å². The Kier molecular flexibility index (Phi) is 8.38. The lowest BCUT2D eigenvalue weighted by atomic mass is 10.0. The van der Waals surface area contributed by atoms with Crippen molar-refractivity contribution in [3.63, 3.8) is 0 Å². The summed E-state index contributed by atoms with van der Waals surface area (Å²) in [6, 6.07) is 7.36. The van der Waals surface area contributed by atoms with Crippen molar-refractivity contribution >= 4 is 10.1 Å². The number of ether oxygens (including phenoxy) is 1. The van der Waals surface area contributed by atoms with Crippen LogP contribution in [0, 0.1) is 0 Å². The summed E-state index contributed by atoms with van der Waals surface area (Å²) in [6.07, 6.45) is 10.1. The van der Waals surface area contributed by atoms with Crippen molar-refractivity contribution in [2.45, 2.75) is 58.3 Å². The van der Waals surface area contributed by atoms with E-state index < -0.39 is 16.1 Å². The highest BCUT2D eigenvalue weighted by Crippen LogP contribution is 2.15. The highest BCUT2D eigenvalue weighted by molar-refractivity contribution is 7.85. The van der Waals surface area contributed by atoms with E-state index in [2.05, 4.69) is 6.92 Å². The maximum Gasteiger partial charge on any atom is 0.300 e. The first-order chi connectivity index (χ1) is 10.0. The number of aryl methyl sites for hydroxylation is 1. The second-order valence-corrected chi connectivity index (χ2v) is 6.76. The van der Waals surface area contributed by atoms with Gasteiger partial charge in [0, 0.05) is 0 Å². The highest BCUT2D eigenvalue weighted by Gasteiger charge is 2.05. The molecule has 0 amide bonds. The van der Waals surface area contributed by atoms with Crippen molar-refractivity contribution in [2.24, 2.45) is 0 Å². The molecule has 0 aliphatic heterocycles. The summed E-state index contributed by atoms with van der Waals surface area (Å²) in [6.45, 7) is 2.23. The van der Waals surface area contributed by atoms with Gasteiger partial charge >= 0.3 is 10.1 Å². The fraction of sp³-hybridized carbons (Fsp3) is 0.625. The minimum atomic E-state index is -4.08. The van der Waals surface area contributed by atoms with E-state index in [-0.39, 0.29) is 0 Å². The maximum absolute atomic E-state index is 10.6. The third-order valence-electron chi connectivity index (χ3n) is 3.37. The minimum Gasteiger partial charge on any atom is -0.475 e. The lowest BCUT2D eigenvalue weighted by Gasteiger charge is -2.06. The summed E-state index contributed by atoms with van der Waals surface area (Å²) >= 11 is 0. The molecule has 120 valence electrons. The van der Waals surface area contributed by atoms with E-state index in [1.807, 2.05) is 12.1 Å². The van der Waals surface area contributed by atoms with E-state index in [0.29, 0.717) is 5.75 Å². The molecule has 4 nitrogen and oxygen atoms in total. The van der Waals surface area contributed by atoms with E-state index in [1.165, 1.54) is 50.5 Å². The topological polar surface area (TPSA) is 63.6 Å². The Hall–Kier alpha value is -1.07. The van der Waals surface area contributed by atoms with Gasteiger partial charge in [-0.2, -0.15) is 8.42 Å². The Bertz CT molecular complexity index is 480. The largest absolute Gasteiger partial charge is 0.475 e. The molecule has 1 aromatic rings. The van der Waals surface area contributed by atoms with Gasteiger partial charge in [-0.25, -0.2) is 0 Å². The van der Waals surface area contributed by atoms with Gasteiger partial charge in [-0.15, -0.1) is 0 Å². The van der Waals surface area contributed by atoms with Gasteiger partial charge in [0.2, 0.25) is 5.94 Å². The Labute approximate surface area is 128 Å². The average molecular weight is 314 g/mol. The molecule has 0 heterocycles. The molecule has 1 aromatic carbocycles. The average Bonchev–Trinajstić information content (AvgIpc) is 2.44. The summed E-state index contributed by atoms with van der Waals surface area (Å²) in [5.74, 6) is -0.250. The van der Waals surface area contributed by atoms with Crippen LogP contribution in [-0.4, -0.2) is 18.9 Å². The molecule has 0 aliphatic carbocycles. The molecule has 5 heteroatoms. The third-order valence-corrected chi connectivity index (χ3v) is 3.78. The van der Waals surface area contributed by atoms with Crippen molar-refractivity contribution in [2.75, 3.05) is 5.94 Å².